The number of carbonyl (C=O) groups excluding carboxylic acids is 2. The van der Waals surface area contributed by atoms with Crippen LogP contribution in [0.2, 0.25) is 0 Å². The number of nitriles is 2. The Morgan fingerprint density at radius 3 is 2.67 bits per heavy atom. The van der Waals surface area contributed by atoms with Crippen molar-refractivity contribution < 1.29 is 14.3 Å². The zero-order chi connectivity index (χ0) is 31.7. The van der Waals surface area contributed by atoms with Gasteiger partial charge in [-0.3, -0.25) is 14.6 Å². The Morgan fingerprint density at radius 2 is 1.93 bits per heavy atom. The maximum atomic E-state index is 12.7. The summed E-state index contributed by atoms with van der Waals surface area (Å²) >= 11 is 0. The third-order valence-electron chi connectivity index (χ3n) is 9.71. The number of ether oxygens (including phenoxy) is 1. The summed E-state index contributed by atoms with van der Waals surface area (Å²) in [7, 11) is 3.91. The summed E-state index contributed by atoms with van der Waals surface area (Å²) in [6, 6.07) is 4.55. The number of rotatable bonds is 7. The number of likely N-dealkylation sites (N-methyl/N-ethyl adjacent to an activating group) is 1. The lowest BCUT2D eigenvalue weighted by atomic mass is 9.96. The van der Waals surface area contributed by atoms with Gasteiger partial charge in [0.25, 0.3) is 0 Å². The van der Waals surface area contributed by atoms with Gasteiger partial charge in [0.2, 0.25) is 17.7 Å². The number of likely N-dealkylation sites (tertiary alicyclic amines) is 1. The zero-order valence-electron chi connectivity index (χ0n) is 26.0. The second kappa shape index (κ2) is 12.7. The van der Waals surface area contributed by atoms with Gasteiger partial charge in [-0.2, -0.15) is 10.5 Å². The van der Waals surface area contributed by atoms with Crippen molar-refractivity contribution in [2.45, 2.75) is 57.2 Å². The molecule has 6 rings (SSSR count). The van der Waals surface area contributed by atoms with Crippen LogP contribution in [0.15, 0.2) is 25.0 Å². The number of nitrogens with zero attached hydrogens (tertiary/aromatic N) is 9. The molecule has 2 amide bonds. The minimum Gasteiger partial charge on any atom is -0.475 e. The van der Waals surface area contributed by atoms with Crippen molar-refractivity contribution in [3.63, 3.8) is 0 Å². The Kier molecular flexibility index (Phi) is 8.59. The standard InChI is InChI=1S/C33H39N9O3/c1-4-29(43)42-15-14-41(19-23(42)9-11-34)32-25-10-13-40(28-18-36-17-22-7-8-30(44)39(3)31(22)28)20-27(25)37-33(26(32)16-35)45-21-24-6-5-12-38(24)2/h4,17-18,23-24H,1,5-10,12-15,19-21H2,2-3H3/t23-,24-/m0/s1. The van der Waals surface area contributed by atoms with Crippen LogP contribution in [-0.2, 0) is 29.0 Å². The molecular weight excluding hydrogens is 570 g/mol. The fourth-order valence-corrected chi connectivity index (χ4v) is 7.23. The number of amides is 2. The fraction of sp³-hybridized carbons (Fsp3) is 0.515. The third kappa shape index (κ3) is 5.67. The average Bonchev–Trinajstić information content (AvgIpc) is 3.48. The summed E-state index contributed by atoms with van der Waals surface area (Å²) in [5.74, 6) is 0.200. The molecule has 2 atom stereocenters. The predicted molar refractivity (Wildman–Crippen MR) is 169 cm³/mol. The van der Waals surface area contributed by atoms with E-state index < -0.39 is 0 Å². The summed E-state index contributed by atoms with van der Waals surface area (Å²) in [5.41, 5.74) is 5.80. The van der Waals surface area contributed by atoms with E-state index >= 15 is 0 Å². The molecular formula is C33H39N9O3. The van der Waals surface area contributed by atoms with Crippen molar-refractivity contribution in [1.82, 2.24) is 19.8 Å². The topological polar surface area (TPSA) is 133 Å². The van der Waals surface area contributed by atoms with Gasteiger partial charge in [-0.15, -0.1) is 0 Å². The average molecular weight is 610 g/mol. The smallest absolute Gasteiger partial charge is 0.246 e. The van der Waals surface area contributed by atoms with E-state index in [2.05, 4.69) is 45.4 Å². The number of fused-ring (bicyclic) bond motifs is 2. The first kappa shape index (κ1) is 30.4. The number of aryl methyl sites for hydroxylation is 1. The second-order valence-electron chi connectivity index (χ2n) is 12.3. The minimum absolute atomic E-state index is 0.0833. The highest BCUT2D eigenvalue weighted by molar-refractivity contribution is 5.99. The van der Waals surface area contributed by atoms with Crippen molar-refractivity contribution >= 4 is 28.9 Å². The van der Waals surface area contributed by atoms with E-state index in [9.17, 15) is 20.1 Å². The van der Waals surface area contributed by atoms with E-state index in [0.29, 0.717) is 70.0 Å². The van der Waals surface area contributed by atoms with E-state index in [1.54, 1.807) is 9.80 Å². The molecule has 4 aliphatic heterocycles. The molecule has 0 aliphatic carbocycles. The Hall–Kier alpha value is -4.68. The summed E-state index contributed by atoms with van der Waals surface area (Å²) in [6.07, 6.45) is 9.00. The van der Waals surface area contributed by atoms with Gasteiger partial charge < -0.3 is 29.2 Å². The monoisotopic (exact) mass is 609 g/mol. The molecule has 12 heteroatoms. The van der Waals surface area contributed by atoms with Gasteiger partial charge in [0, 0.05) is 57.4 Å². The Bertz CT molecular complexity index is 1600. The van der Waals surface area contributed by atoms with Gasteiger partial charge >= 0.3 is 0 Å². The molecule has 2 aromatic rings. The van der Waals surface area contributed by atoms with Gasteiger partial charge in [-0.05, 0) is 50.9 Å². The lowest BCUT2D eigenvalue weighted by Crippen LogP contribution is -2.55. The summed E-state index contributed by atoms with van der Waals surface area (Å²) in [6.45, 7) is 7.53. The van der Waals surface area contributed by atoms with Crippen LogP contribution in [0, 0.1) is 22.7 Å². The van der Waals surface area contributed by atoms with Crippen LogP contribution >= 0.6 is 0 Å². The van der Waals surface area contributed by atoms with E-state index in [1.165, 1.54) is 6.08 Å². The first-order chi connectivity index (χ1) is 21.8. The number of carbonyl (C=O) groups is 2. The lowest BCUT2D eigenvalue weighted by Gasteiger charge is -2.43. The van der Waals surface area contributed by atoms with Crippen LogP contribution in [0.5, 0.6) is 5.88 Å². The lowest BCUT2D eigenvalue weighted by molar-refractivity contribution is -0.128. The largest absolute Gasteiger partial charge is 0.475 e. The van der Waals surface area contributed by atoms with Crippen LogP contribution in [0.4, 0.5) is 17.1 Å². The maximum Gasteiger partial charge on any atom is 0.246 e. The van der Waals surface area contributed by atoms with Crippen LogP contribution in [0.25, 0.3) is 0 Å². The molecule has 0 N–H and O–H groups in total. The molecule has 2 fully saturated rings. The van der Waals surface area contributed by atoms with Gasteiger partial charge in [0.15, 0.2) is 0 Å². The maximum absolute atomic E-state index is 12.7. The van der Waals surface area contributed by atoms with Crippen LogP contribution in [-0.4, -0.2) is 97.1 Å². The molecule has 4 aliphatic rings. The number of aromatic nitrogens is 2. The molecule has 0 bridgehead atoms. The summed E-state index contributed by atoms with van der Waals surface area (Å²) in [5, 5.41) is 20.1. The predicted octanol–water partition coefficient (Wildman–Crippen LogP) is 2.41. The molecule has 2 saturated heterocycles. The Labute approximate surface area is 264 Å². The SMILES string of the molecule is C=CC(=O)N1CCN(c2c(C#N)c(OC[C@@H]3CCCN3C)nc3c2CCN(c2cncc4c2N(C)C(=O)CC4)C3)C[C@@H]1CC#N. The summed E-state index contributed by atoms with van der Waals surface area (Å²) < 4.78 is 6.38. The molecule has 0 saturated carbocycles. The van der Waals surface area contributed by atoms with Gasteiger partial charge in [-0.1, -0.05) is 6.58 Å². The quantitative estimate of drug-likeness (QED) is 0.431. The number of hydrogen-bond donors (Lipinski definition) is 0. The van der Waals surface area contributed by atoms with Crippen molar-refractivity contribution in [3.05, 3.63) is 47.4 Å². The first-order valence-corrected chi connectivity index (χ1v) is 15.7. The van der Waals surface area contributed by atoms with Crippen LogP contribution in [0.3, 0.4) is 0 Å². The highest BCUT2D eigenvalue weighted by atomic mass is 16.5. The number of piperazine rings is 1. The molecule has 45 heavy (non-hydrogen) atoms. The molecule has 2 aromatic heterocycles. The minimum atomic E-state index is -0.337. The molecule has 0 unspecified atom stereocenters. The van der Waals surface area contributed by atoms with Crippen molar-refractivity contribution in [3.8, 4) is 18.0 Å². The van der Waals surface area contributed by atoms with Crippen molar-refractivity contribution in [2.75, 3.05) is 68.1 Å². The van der Waals surface area contributed by atoms with Crippen molar-refractivity contribution in [1.29, 1.82) is 10.5 Å². The zero-order valence-corrected chi connectivity index (χ0v) is 26.0. The van der Waals surface area contributed by atoms with E-state index in [1.807, 2.05) is 19.4 Å². The van der Waals surface area contributed by atoms with E-state index in [0.717, 1.165) is 53.3 Å². The molecule has 0 aromatic carbocycles. The van der Waals surface area contributed by atoms with Crippen LogP contribution in [0.1, 0.15) is 48.1 Å². The second-order valence-corrected chi connectivity index (χ2v) is 12.3. The van der Waals surface area contributed by atoms with Gasteiger partial charge in [-0.25, -0.2) is 4.98 Å². The molecule has 6 heterocycles. The molecule has 234 valence electrons. The normalized spacial score (nSPS) is 21.6. The third-order valence-corrected chi connectivity index (χ3v) is 9.71. The highest BCUT2D eigenvalue weighted by Gasteiger charge is 2.36. The summed E-state index contributed by atoms with van der Waals surface area (Å²) in [4.78, 5) is 44.8. The highest BCUT2D eigenvalue weighted by Crippen LogP contribution is 2.41. The molecule has 0 spiro atoms. The van der Waals surface area contributed by atoms with Crippen LogP contribution < -0.4 is 19.4 Å². The number of hydrogen-bond acceptors (Lipinski definition) is 10. The van der Waals surface area contributed by atoms with Gasteiger partial charge in [0.1, 0.15) is 18.2 Å². The van der Waals surface area contributed by atoms with Crippen molar-refractivity contribution in [2.24, 2.45) is 0 Å². The fourth-order valence-electron chi connectivity index (χ4n) is 7.23. The number of pyridine rings is 2. The Morgan fingerprint density at radius 1 is 1.09 bits per heavy atom. The molecule has 12 nitrogen and oxygen atoms in total. The number of anilines is 3. The van der Waals surface area contributed by atoms with E-state index in [-0.39, 0.29) is 30.3 Å². The van der Waals surface area contributed by atoms with E-state index in [4.69, 9.17) is 9.72 Å². The first-order valence-electron chi connectivity index (χ1n) is 15.7. The van der Waals surface area contributed by atoms with Gasteiger partial charge in [0.05, 0.1) is 54.0 Å². The molecule has 0 radical (unpaired) electrons. The Balaban J connectivity index is 1.39.